The third-order valence-corrected chi connectivity index (χ3v) is 3.12. The van der Waals surface area contributed by atoms with E-state index in [0.717, 1.165) is 6.92 Å². The molecule has 0 fully saturated rings. The molecular weight excluding hydrogens is 195 g/mol. The second-order valence-electron chi connectivity index (χ2n) is 3.02. The topological polar surface area (TPSA) is 98.7 Å². The molecule has 13 heavy (non-hydrogen) atoms. The van der Waals surface area contributed by atoms with Crippen molar-refractivity contribution >= 4 is 7.94 Å². The minimum atomic E-state index is -4.25. The Morgan fingerprint density at radius 1 is 1.46 bits per heavy atom. The Kier molecular flexibility index (Phi) is 2.70. The summed E-state index contributed by atoms with van der Waals surface area (Å²) in [5.74, 6) is 0. The van der Waals surface area contributed by atoms with Crippen molar-refractivity contribution in [3.8, 4) is 0 Å². The predicted octanol–water partition coefficient (Wildman–Crippen LogP) is -0.669. The van der Waals surface area contributed by atoms with Crippen molar-refractivity contribution < 1.29 is 19.8 Å². The van der Waals surface area contributed by atoms with Gasteiger partial charge in [0.15, 0.2) is 0 Å². The lowest BCUT2D eigenvalue weighted by Crippen LogP contribution is -2.32. The molecule has 0 radical (unpaired) electrons. The fourth-order valence-electron chi connectivity index (χ4n) is 0.821. The van der Waals surface area contributed by atoms with Crippen LogP contribution in [0.3, 0.4) is 0 Å². The quantitative estimate of drug-likeness (QED) is 0.493. The van der Waals surface area contributed by atoms with Crippen LogP contribution >= 0.6 is 7.94 Å². The second kappa shape index (κ2) is 3.32. The van der Waals surface area contributed by atoms with E-state index in [0.29, 0.717) is 0 Å². The summed E-state index contributed by atoms with van der Waals surface area (Å²) in [5, 5.41) is 7.54. The number of rotatable bonds is 3. The molecule has 0 bridgehead atoms. The number of aromatic nitrogens is 2. The molecule has 1 atom stereocenters. The maximum atomic E-state index is 9.47. The molecule has 1 aromatic rings. The monoisotopic (exact) mass is 207 g/mol. The van der Waals surface area contributed by atoms with Gasteiger partial charge in [-0.05, 0) is 0 Å². The first kappa shape index (κ1) is 10.6. The molecular formula is C6H12N2O4P+. The largest absolute Gasteiger partial charge is 0.439 e. The Morgan fingerprint density at radius 2 is 2.08 bits per heavy atom. The zero-order valence-corrected chi connectivity index (χ0v) is 7.96. The number of hydrogen-bond donors (Lipinski definition) is 4. The average molecular weight is 207 g/mol. The standard InChI is InChI=1S/C6H12N2O4P/c1-6(9,13(10,11)12)4-8-3-2-7-5-8/h2-3,5,9-12H,4H2,1H3/q+1. The summed E-state index contributed by atoms with van der Waals surface area (Å²) in [6.45, 7) is 1.03. The zero-order valence-electron chi connectivity index (χ0n) is 7.07. The summed E-state index contributed by atoms with van der Waals surface area (Å²) in [7, 11) is -4.25. The van der Waals surface area contributed by atoms with Crippen molar-refractivity contribution in [3.05, 3.63) is 18.7 Å². The van der Waals surface area contributed by atoms with Crippen LogP contribution in [0.15, 0.2) is 18.7 Å². The first-order valence-corrected chi connectivity index (χ1v) is 5.23. The zero-order chi connectivity index (χ0) is 10.1. The van der Waals surface area contributed by atoms with Crippen LogP contribution in [0.1, 0.15) is 6.92 Å². The molecule has 4 N–H and O–H groups in total. The maximum absolute atomic E-state index is 9.47. The molecule has 0 amide bonds. The highest BCUT2D eigenvalue weighted by molar-refractivity contribution is 7.60. The van der Waals surface area contributed by atoms with Crippen LogP contribution < -0.4 is 0 Å². The van der Waals surface area contributed by atoms with Crippen LogP contribution in [0.25, 0.3) is 0 Å². The van der Waals surface area contributed by atoms with Gasteiger partial charge >= 0.3 is 7.94 Å². The Balaban J connectivity index is 2.73. The molecule has 1 unspecified atom stereocenters. The lowest BCUT2D eigenvalue weighted by Gasteiger charge is -2.22. The minimum absolute atomic E-state index is 0.121. The van der Waals surface area contributed by atoms with Gasteiger partial charge in [0.05, 0.1) is 12.9 Å². The van der Waals surface area contributed by atoms with Crippen molar-refractivity contribution in [3.63, 3.8) is 0 Å². The third kappa shape index (κ3) is 2.46. The van der Waals surface area contributed by atoms with E-state index >= 15 is 0 Å². The summed E-state index contributed by atoms with van der Waals surface area (Å²) in [6, 6.07) is 0. The molecule has 1 rings (SSSR count). The summed E-state index contributed by atoms with van der Waals surface area (Å²) >= 11 is 0. The van der Waals surface area contributed by atoms with Gasteiger partial charge in [-0.2, -0.15) is 14.7 Å². The van der Waals surface area contributed by atoms with Crippen LogP contribution in [0.2, 0.25) is 0 Å². The average Bonchev–Trinajstić information content (AvgIpc) is 2.35. The SMILES string of the molecule is CC(O)(Cn1ccnc1)[P+](O)(O)O. The molecule has 0 saturated carbocycles. The molecule has 0 aliphatic carbocycles. The van der Waals surface area contributed by atoms with Crippen molar-refractivity contribution in [1.29, 1.82) is 0 Å². The Bertz CT molecular complexity index is 267. The molecule has 6 nitrogen and oxygen atoms in total. The molecule has 1 heterocycles. The van der Waals surface area contributed by atoms with E-state index in [1.807, 2.05) is 0 Å². The van der Waals surface area contributed by atoms with Gasteiger partial charge < -0.3 is 9.67 Å². The van der Waals surface area contributed by atoms with Crippen LogP contribution in [-0.2, 0) is 6.54 Å². The van der Waals surface area contributed by atoms with Gasteiger partial charge in [-0.15, -0.1) is 0 Å². The molecule has 74 valence electrons. The van der Waals surface area contributed by atoms with Gasteiger partial charge in [-0.25, -0.2) is 4.98 Å². The molecule has 0 saturated heterocycles. The fraction of sp³-hybridized carbons (Fsp3) is 0.500. The van der Waals surface area contributed by atoms with Gasteiger partial charge in [0, 0.05) is 19.3 Å². The normalized spacial score (nSPS) is 17.0. The van der Waals surface area contributed by atoms with Gasteiger partial charge in [-0.1, -0.05) is 0 Å². The Hall–Kier alpha value is -0.520. The van der Waals surface area contributed by atoms with Gasteiger partial charge in [0.25, 0.3) is 5.34 Å². The third-order valence-electron chi connectivity index (χ3n) is 1.69. The van der Waals surface area contributed by atoms with E-state index in [2.05, 4.69) is 4.98 Å². The van der Waals surface area contributed by atoms with Gasteiger partial charge in [0.1, 0.15) is 0 Å². The van der Waals surface area contributed by atoms with Gasteiger partial charge in [-0.3, -0.25) is 0 Å². The molecule has 0 aromatic carbocycles. The highest BCUT2D eigenvalue weighted by Gasteiger charge is 2.53. The second-order valence-corrected chi connectivity index (χ2v) is 5.12. The molecule has 0 aliphatic rings. The first-order valence-electron chi connectivity index (χ1n) is 3.58. The summed E-state index contributed by atoms with van der Waals surface area (Å²) in [4.78, 5) is 30.4. The van der Waals surface area contributed by atoms with Crippen LogP contribution in [-0.4, -0.2) is 34.7 Å². The molecule has 1 aromatic heterocycles. The van der Waals surface area contributed by atoms with E-state index < -0.39 is 13.3 Å². The minimum Gasteiger partial charge on any atom is -0.349 e. The molecule has 0 aliphatic heterocycles. The van der Waals surface area contributed by atoms with Gasteiger partial charge in [0.2, 0.25) is 0 Å². The predicted molar refractivity (Wildman–Crippen MR) is 46.4 cm³/mol. The van der Waals surface area contributed by atoms with Crippen molar-refractivity contribution in [2.24, 2.45) is 0 Å². The van der Waals surface area contributed by atoms with Crippen LogP contribution in [0.5, 0.6) is 0 Å². The summed E-state index contributed by atoms with van der Waals surface area (Å²) in [6.07, 6.45) is 4.44. The number of nitrogens with zero attached hydrogens (tertiary/aromatic N) is 2. The summed E-state index contributed by atoms with van der Waals surface area (Å²) < 4.78 is 1.44. The van der Waals surface area contributed by atoms with Crippen molar-refractivity contribution in [2.45, 2.75) is 18.8 Å². The lowest BCUT2D eigenvalue weighted by molar-refractivity contribution is 0.0775. The number of aliphatic hydroxyl groups is 1. The number of imidazole rings is 1. The van der Waals surface area contributed by atoms with Crippen LogP contribution in [0.4, 0.5) is 0 Å². The Labute approximate surface area is 75.7 Å². The molecule has 0 spiro atoms. The van der Waals surface area contributed by atoms with E-state index in [1.165, 1.54) is 17.1 Å². The van der Waals surface area contributed by atoms with E-state index in [4.69, 9.17) is 14.7 Å². The fourth-order valence-corrected chi connectivity index (χ4v) is 1.17. The maximum Gasteiger partial charge on any atom is 0.439 e. The van der Waals surface area contributed by atoms with Crippen LogP contribution in [0, 0.1) is 0 Å². The van der Waals surface area contributed by atoms with E-state index in [-0.39, 0.29) is 6.54 Å². The van der Waals surface area contributed by atoms with E-state index in [1.54, 1.807) is 6.20 Å². The summed E-state index contributed by atoms with van der Waals surface area (Å²) in [5.41, 5.74) is 0. The van der Waals surface area contributed by atoms with Crippen molar-refractivity contribution in [1.82, 2.24) is 9.55 Å². The lowest BCUT2D eigenvalue weighted by atomic mass is 10.4. The number of hydrogen-bond acceptors (Lipinski definition) is 5. The van der Waals surface area contributed by atoms with E-state index in [9.17, 15) is 5.11 Å². The highest BCUT2D eigenvalue weighted by atomic mass is 31.2. The smallest absolute Gasteiger partial charge is 0.349 e. The first-order chi connectivity index (χ1) is 5.83. The molecule has 7 heteroatoms. The Morgan fingerprint density at radius 3 is 2.46 bits per heavy atom. The van der Waals surface area contributed by atoms with Crippen molar-refractivity contribution in [2.75, 3.05) is 0 Å². The highest BCUT2D eigenvalue weighted by Crippen LogP contribution is 2.57.